The van der Waals surface area contributed by atoms with Crippen LogP contribution in [0, 0.1) is 6.92 Å². The van der Waals surface area contributed by atoms with Crippen molar-refractivity contribution in [3.8, 4) is 0 Å². The third-order valence-electron chi connectivity index (χ3n) is 4.04. The van der Waals surface area contributed by atoms with Gasteiger partial charge in [-0.3, -0.25) is 4.79 Å². The van der Waals surface area contributed by atoms with Crippen LogP contribution in [0.1, 0.15) is 43.9 Å². The number of fused-ring (bicyclic) bond motifs is 1. The first-order valence-electron chi connectivity index (χ1n) is 7.05. The first-order valence-corrected chi connectivity index (χ1v) is 7.05. The van der Waals surface area contributed by atoms with Crippen LogP contribution in [0.2, 0.25) is 0 Å². The summed E-state index contributed by atoms with van der Waals surface area (Å²) in [7, 11) is 0. The molecule has 1 aromatic rings. The fraction of sp³-hybridized carbons (Fsp3) is 0.471. The molecule has 0 fully saturated rings. The van der Waals surface area contributed by atoms with E-state index in [2.05, 4.69) is 26.0 Å². The van der Waals surface area contributed by atoms with Gasteiger partial charge in [0, 0.05) is 5.41 Å². The van der Waals surface area contributed by atoms with E-state index >= 15 is 0 Å². The Morgan fingerprint density at radius 1 is 1.30 bits per heavy atom. The lowest BCUT2D eigenvalue weighted by molar-refractivity contribution is -0.144. The molecule has 3 nitrogen and oxygen atoms in total. The summed E-state index contributed by atoms with van der Waals surface area (Å²) in [6.07, 6.45) is 4.39. The van der Waals surface area contributed by atoms with E-state index in [0.29, 0.717) is 13.0 Å². The Hall–Kier alpha value is -1.61. The molecule has 2 N–H and O–H groups in total. The molecule has 0 amide bonds. The quantitative estimate of drug-likeness (QED) is 0.680. The van der Waals surface area contributed by atoms with E-state index in [4.69, 9.17) is 10.5 Å². The lowest BCUT2D eigenvalue weighted by Crippen LogP contribution is -2.40. The van der Waals surface area contributed by atoms with Crippen LogP contribution in [0.3, 0.4) is 0 Å². The van der Waals surface area contributed by atoms with E-state index in [1.807, 2.05) is 32.1 Å². The van der Waals surface area contributed by atoms with Gasteiger partial charge in [0.05, 0.1) is 18.6 Å². The van der Waals surface area contributed by atoms with Crippen molar-refractivity contribution in [3.63, 3.8) is 0 Å². The van der Waals surface area contributed by atoms with Crippen LogP contribution in [-0.4, -0.2) is 12.6 Å². The summed E-state index contributed by atoms with van der Waals surface area (Å²) in [5.74, 6) is -0.173. The molecule has 3 heteroatoms. The van der Waals surface area contributed by atoms with Gasteiger partial charge >= 0.3 is 5.97 Å². The van der Waals surface area contributed by atoms with Crippen LogP contribution in [0.4, 0.5) is 0 Å². The number of carbonyl (C=O) groups excluding carboxylic acids is 1. The average molecular weight is 273 g/mol. The van der Waals surface area contributed by atoms with Gasteiger partial charge in [-0.15, -0.1) is 0 Å². The topological polar surface area (TPSA) is 52.3 Å². The molecule has 108 valence electrons. The predicted octanol–water partition coefficient (Wildman–Crippen LogP) is 2.95. The lowest BCUT2D eigenvalue weighted by atomic mass is 9.67. The van der Waals surface area contributed by atoms with Crippen LogP contribution in [0.25, 0.3) is 0 Å². The molecule has 2 atom stereocenters. The van der Waals surface area contributed by atoms with Gasteiger partial charge in [-0.25, -0.2) is 0 Å². The number of ether oxygens (including phenoxy) is 1. The number of allylic oxidation sites excluding steroid dienone is 1. The highest BCUT2D eigenvalue weighted by molar-refractivity contribution is 5.73. The standard InChI is InChI=1S/C17H23NO2/c1-5-20-14(19)11-16(3)9-10-17(4,18)15-12(2)7-6-8-13(15)16/h6-10H,5,11,18H2,1-4H3/t16-,17-/m1/s1. The Morgan fingerprint density at radius 2 is 2.00 bits per heavy atom. The van der Waals surface area contributed by atoms with E-state index in [9.17, 15) is 4.79 Å². The van der Waals surface area contributed by atoms with Gasteiger partial charge in [0.15, 0.2) is 0 Å². The van der Waals surface area contributed by atoms with Crippen LogP contribution < -0.4 is 5.73 Å². The fourth-order valence-corrected chi connectivity index (χ4v) is 3.05. The number of nitrogens with two attached hydrogens (primary N) is 1. The van der Waals surface area contributed by atoms with E-state index in [-0.39, 0.29) is 11.4 Å². The number of esters is 1. The Balaban J connectivity index is 2.49. The van der Waals surface area contributed by atoms with E-state index < -0.39 is 5.54 Å². The first-order chi connectivity index (χ1) is 9.30. The molecule has 1 aliphatic rings. The van der Waals surface area contributed by atoms with Crippen molar-refractivity contribution in [2.75, 3.05) is 6.61 Å². The highest BCUT2D eigenvalue weighted by Crippen LogP contribution is 2.42. The molecule has 0 spiro atoms. The maximum Gasteiger partial charge on any atom is 0.306 e. The van der Waals surface area contributed by atoms with Crippen LogP contribution in [0.5, 0.6) is 0 Å². The monoisotopic (exact) mass is 273 g/mol. The number of aryl methyl sites for hydroxylation is 1. The molecule has 2 rings (SSSR count). The molecule has 0 saturated carbocycles. The Kier molecular flexibility index (Phi) is 3.74. The van der Waals surface area contributed by atoms with Crippen LogP contribution >= 0.6 is 0 Å². The summed E-state index contributed by atoms with van der Waals surface area (Å²) in [6.45, 7) is 8.36. The number of rotatable bonds is 3. The van der Waals surface area contributed by atoms with Crippen molar-refractivity contribution in [2.45, 2.75) is 45.1 Å². The van der Waals surface area contributed by atoms with E-state index in [0.717, 1.165) is 16.7 Å². The third kappa shape index (κ3) is 2.50. The number of benzene rings is 1. The largest absolute Gasteiger partial charge is 0.466 e. The lowest BCUT2D eigenvalue weighted by Gasteiger charge is -2.39. The van der Waals surface area contributed by atoms with Gasteiger partial charge in [0.1, 0.15) is 0 Å². The van der Waals surface area contributed by atoms with Crippen molar-refractivity contribution >= 4 is 5.97 Å². The molecule has 20 heavy (non-hydrogen) atoms. The summed E-state index contributed by atoms with van der Waals surface area (Å²) in [6, 6.07) is 6.15. The van der Waals surface area contributed by atoms with E-state index in [1.165, 1.54) is 0 Å². The van der Waals surface area contributed by atoms with Crippen molar-refractivity contribution < 1.29 is 9.53 Å². The molecule has 0 bridgehead atoms. The molecule has 1 aliphatic carbocycles. The maximum atomic E-state index is 11.9. The van der Waals surface area contributed by atoms with Crippen LogP contribution in [0.15, 0.2) is 30.4 Å². The van der Waals surface area contributed by atoms with Gasteiger partial charge in [0.25, 0.3) is 0 Å². The second kappa shape index (κ2) is 5.06. The molecule has 0 saturated heterocycles. The summed E-state index contributed by atoms with van der Waals surface area (Å²) in [5.41, 5.74) is 8.95. The molecule has 1 aromatic carbocycles. The van der Waals surface area contributed by atoms with E-state index in [1.54, 1.807) is 0 Å². The molecular weight excluding hydrogens is 250 g/mol. The summed E-state index contributed by atoms with van der Waals surface area (Å²) >= 11 is 0. The third-order valence-corrected chi connectivity index (χ3v) is 4.04. The van der Waals surface area contributed by atoms with Gasteiger partial charge in [0.2, 0.25) is 0 Å². The number of hydrogen-bond donors (Lipinski definition) is 1. The average Bonchev–Trinajstić information content (AvgIpc) is 2.35. The minimum Gasteiger partial charge on any atom is -0.466 e. The molecule has 0 unspecified atom stereocenters. The molecule has 0 radical (unpaired) electrons. The minimum absolute atomic E-state index is 0.173. The predicted molar refractivity (Wildman–Crippen MR) is 80.5 cm³/mol. The van der Waals surface area contributed by atoms with Crippen molar-refractivity contribution in [1.82, 2.24) is 0 Å². The Labute approximate surface area is 120 Å². The normalized spacial score (nSPS) is 28.1. The summed E-state index contributed by atoms with van der Waals surface area (Å²) in [5, 5.41) is 0. The zero-order chi connectivity index (χ0) is 15.0. The minimum atomic E-state index is -0.491. The zero-order valence-electron chi connectivity index (χ0n) is 12.7. The highest BCUT2D eigenvalue weighted by Gasteiger charge is 2.38. The summed E-state index contributed by atoms with van der Waals surface area (Å²) in [4.78, 5) is 11.9. The van der Waals surface area contributed by atoms with Gasteiger partial charge < -0.3 is 10.5 Å². The highest BCUT2D eigenvalue weighted by atomic mass is 16.5. The Morgan fingerprint density at radius 3 is 2.65 bits per heavy atom. The maximum absolute atomic E-state index is 11.9. The SMILES string of the molecule is CCOC(=O)C[C@@]1(C)C=C[C@@](C)(N)c2c(C)cccc21. The van der Waals surface area contributed by atoms with Crippen molar-refractivity contribution in [1.29, 1.82) is 0 Å². The van der Waals surface area contributed by atoms with Crippen molar-refractivity contribution in [2.24, 2.45) is 5.73 Å². The molecular formula is C17H23NO2. The number of carbonyl (C=O) groups is 1. The number of hydrogen-bond acceptors (Lipinski definition) is 3. The first kappa shape index (κ1) is 14.8. The van der Waals surface area contributed by atoms with Crippen LogP contribution in [-0.2, 0) is 20.5 Å². The smallest absolute Gasteiger partial charge is 0.306 e. The van der Waals surface area contributed by atoms with Crippen molar-refractivity contribution in [3.05, 3.63) is 47.0 Å². The second-order valence-corrected chi connectivity index (χ2v) is 6.01. The molecule has 0 aromatic heterocycles. The fourth-order valence-electron chi connectivity index (χ4n) is 3.05. The summed E-state index contributed by atoms with van der Waals surface area (Å²) < 4.78 is 5.10. The Bertz CT molecular complexity index is 560. The van der Waals surface area contributed by atoms with Gasteiger partial charge in [-0.1, -0.05) is 37.3 Å². The molecule has 0 heterocycles. The van der Waals surface area contributed by atoms with Gasteiger partial charge in [-0.2, -0.15) is 0 Å². The second-order valence-electron chi connectivity index (χ2n) is 6.01. The zero-order valence-corrected chi connectivity index (χ0v) is 12.7. The molecule has 0 aliphatic heterocycles. The van der Waals surface area contributed by atoms with Gasteiger partial charge in [-0.05, 0) is 37.5 Å².